The van der Waals surface area contributed by atoms with Crippen molar-refractivity contribution in [1.29, 1.82) is 0 Å². The highest BCUT2D eigenvalue weighted by Crippen LogP contribution is 2.41. The lowest BCUT2D eigenvalue weighted by Crippen LogP contribution is -2.41. The number of fused-ring (bicyclic) bond motifs is 1. The standard InChI is InChI=1S/C14H14F2N2O4/c15-9-1-10(16)3-11(2-9)17-13(21)18-4-8-5-22-7-14(8,6-18)12(19)20/h1-3,8H,4-7H2,(H,17,21)(H,19,20)/t8-,14-/m1/s1. The van der Waals surface area contributed by atoms with Crippen LogP contribution in [0.4, 0.5) is 19.3 Å². The second kappa shape index (κ2) is 5.20. The molecule has 0 bridgehead atoms. The van der Waals surface area contributed by atoms with Crippen molar-refractivity contribution < 1.29 is 28.2 Å². The van der Waals surface area contributed by atoms with Crippen LogP contribution in [0.25, 0.3) is 0 Å². The number of nitrogens with one attached hydrogen (secondary N) is 1. The maximum Gasteiger partial charge on any atom is 0.321 e. The van der Waals surface area contributed by atoms with Gasteiger partial charge in [-0.3, -0.25) is 4.79 Å². The molecule has 2 saturated heterocycles. The summed E-state index contributed by atoms with van der Waals surface area (Å²) >= 11 is 0. The van der Waals surface area contributed by atoms with E-state index in [1.54, 1.807) is 0 Å². The minimum absolute atomic E-state index is 0.0105. The van der Waals surface area contributed by atoms with E-state index in [0.717, 1.165) is 12.1 Å². The number of carboxylic acids is 1. The molecule has 2 atom stereocenters. The Balaban J connectivity index is 1.73. The van der Waals surface area contributed by atoms with Gasteiger partial charge in [0, 0.05) is 30.8 Å². The van der Waals surface area contributed by atoms with Crippen LogP contribution in [0, 0.1) is 23.0 Å². The number of nitrogens with zero attached hydrogens (tertiary/aromatic N) is 1. The SMILES string of the molecule is O=C(Nc1cc(F)cc(F)c1)N1C[C@@H]2COC[C@]2(C(=O)O)C1. The maximum atomic E-state index is 13.1. The molecule has 118 valence electrons. The van der Waals surface area contributed by atoms with Gasteiger partial charge in [-0.25, -0.2) is 13.6 Å². The van der Waals surface area contributed by atoms with E-state index in [-0.39, 0.29) is 37.9 Å². The Morgan fingerprint density at radius 3 is 2.59 bits per heavy atom. The smallest absolute Gasteiger partial charge is 0.321 e. The Morgan fingerprint density at radius 2 is 2.00 bits per heavy atom. The Bertz CT molecular complexity index is 619. The van der Waals surface area contributed by atoms with Crippen LogP contribution in [0.2, 0.25) is 0 Å². The molecule has 0 spiro atoms. The van der Waals surface area contributed by atoms with Crippen molar-refractivity contribution in [2.24, 2.45) is 11.3 Å². The molecule has 2 aliphatic rings. The average Bonchev–Trinajstić information content (AvgIpc) is 2.94. The van der Waals surface area contributed by atoms with E-state index >= 15 is 0 Å². The zero-order valence-corrected chi connectivity index (χ0v) is 11.5. The van der Waals surface area contributed by atoms with Crippen molar-refractivity contribution in [3.8, 4) is 0 Å². The highest BCUT2D eigenvalue weighted by Gasteiger charge is 2.57. The molecular weight excluding hydrogens is 298 g/mol. The predicted octanol–water partition coefficient (Wildman–Crippen LogP) is 1.53. The van der Waals surface area contributed by atoms with Crippen LogP contribution in [-0.2, 0) is 9.53 Å². The maximum absolute atomic E-state index is 13.1. The van der Waals surface area contributed by atoms with Crippen LogP contribution < -0.4 is 5.32 Å². The second-order valence-corrected chi connectivity index (χ2v) is 5.64. The zero-order chi connectivity index (χ0) is 15.9. The predicted molar refractivity (Wildman–Crippen MR) is 71.3 cm³/mol. The number of carboxylic acid groups (broad SMARTS) is 1. The third kappa shape index (κ3) is 2.39. The molecule has 2 amide bonds. The molecule has 22 heavy (non-hydrogen) atoms. The van der Waals surface area contributed by atoms with E-state index in [4.69, 9.17) is 4.74 Å². The van der Waals surface area contributed by atoms with Gasteiger partial charge in [0.2, 0.25) is 0 Å². The number of rotatable bonds is 2. The normalized spacial score (nSPS) is 26.8. The van der Waals surface area contributed by atoms with Gasteiger partial charge in [0.1, 0.15) is 17.0 Å². The van der Waals surface area contributed by atoms with Crippen LogP contribution in [0.1, 0.15) is 0 Å². The number of benzene rings is 1. The quantitative estimate of drug-likeness (QED) is 0.868. The molecule has 0 radical (unpaired) electrons. The van der Waals surface area contributed by atoms with Crippen molar-refractivity contribution in [3.63, 3.8) is 0 Å². The Labute approximate surface area is 124 Å². The van der Waals surface area contributed by atoms with Gasteiger partial charge in [-0.05, 0) is 12.1 Å². The summed E-state index contributed by atoms with van der Waals surface area (Å²) in [7, 11) is 0. The van der Waals surface area contributed by atoms with E-state index in [2.05, 4.69) is 5.32 Å². The van der Waals surface area contributed by atoms with E-state index in [9.17, 15) is 23.5 Å². The minimum atomic E-state index is -1.09. The molecule has 0 aromatic heterocycles. The van der Waals surface area contributed by atoms with Crippen molar-refractivity contribution >= 4 is 17.7 Å². The third-order valence-corrected chi connectivity index (χ3v) is 4.20. The molecule has 1 aromatic carbocycles. The molecule has 6 nitrogen and oxygen atoms in total. The number of hydrogen-bond donors (Lipinski definition) is 2. The lowest BCUT2D eigenvalue weighted by atomic mass is 9.81. The van der Waals surface area contributed by atoms with E-state index in [1.165, 1.54) is 4.90 Å². The van der Waals surface area contributed by atoms with Crippen molar-refractivity contribution in [2.75, 3.05) is 31.6 Å². The fourth-order valence-corrected chi connectivity index (χ4v) is 3.02. The third-order valence-electron chi connectivity index (χ3n) is 4.20. The first kappa shape index (κ1) is 14.7. The molecule has 0 saturated carbocycles. The van der Waals surface area contributed by atoms with Gasteiger partial charge in [-0.2, -0.15) is 0 Å². The Morgan fingerprint density at radius 1 is 1.32 bits per heavy atom. The van der Waals surface area contributed by atoms with E-state index in [1.807, 2.05) is 0 Å². The van der Waals surface area contributed by atoms with Crippen LogP contribution in [0.5, 0.6) is 0 Å². The number of aliphatic carboxylic acids is 1. The zero-order valence-electron chi connectivity index (χ0n) is 11.5. The molecule has 2 N–H and O–H groups in total. The molecule has 2 heterocycles. The number of likely N-dealkylation sites (tertiary alicyclic amines) is 1. The Hall–Kier alpha value is -2.22. The van der Waals surface area contributed by atoms with Gasteiger partial charge >= 0.3 is 12.0 Å². The first-order valence-electron chi connectivity index (χ1n) is 6.74. The number of urea groups is 1. The lowest BCUT2D eigenvalue weighted by Gasteiger charge is -2.22. The summed E-state index contributed by atoms with van der Waals surface area (Å²) in [6, 6.07) is 2.11. The second-order valence-electron chi connectivity index (χ2n) is 5.64. The molecule has 0 aliphatic carbocycles. The molecule has 2 aliphatic heterocycles. The molecule has 0 unspecified atom stereocenters. The highest BCUT2D eigenvalue weighted by atomic mass is 19.1. The molecular formula is C14H14F2N2O4. The molecule has 8 heteroatoms. The van der Waals surface area contributed by atoms with E-state index < -0.39 is 29.0 Å². The number of ether oxygens (including phenoxy) is 1. The van der Waals surface area contributed by atoms with Gasteiger partial charge in [0.25, 0.3) is 0 Å². The van der Waals surface area contributed by atoms with Crippen LogP contribution >= 0.6 is 0 Å². The van der Waals surface area contributed by atoms with Gasteiger partial charge in [-0.15, -0.1) is 0 Å². The highest BCUT2D eigenvalue weighted by molar-refractivity contribution is 5.90. The Kier molecular flexibility index (Phi) is 3.48. The fourth-order valence-electron chi connectivity index (χ4n) is 3.02. The number of carbonyl (C=O) groups excluding carboxylic acids is 1. The van der Waals surface area contributed by atoms with Crippen LogP contribution in [0.15, 0.2) is 18.2 Å². The first-order chi connectivity index (χ1) is 10.4. The van der Waals surface area contributed by atoms with Crippen LogP contribution in [0.3, 0.4) is 0 Å². The lowest BCUT2D eigenvalue weighted by molar-refractivity contribution is -0.149. The summed E-state index contributed by atoms with van der Waals surface area (Å²) in [5.41, 5.74) is -1.11. The number of carbonyl (C=O) groups is 2. The number of anilines is 1. The summed E-state index contributed by atoms with van der Waals surface area (Å²) < 4.78 is 31.4. The number of amides is 2. The summed E-state index contributed by atoms with van der Waals surface area (Å²) in [6.07, 6.45) is 0. The summed E-state index contributed by atoms with van der Waals surface area (Å²) in [5.74, 6) is -2.88. The number of halogens is 2. The van der Waals surface area contributed by atoms with Gasteiger partial charge in [0.05, 0.1) is 13.2 Å². The molecule has 1 aromatic rings. The minimum Gasteiger partial charge on any atom is -0.481 e. The monoisotopic (exact) mass is 312 g/mol. The van der Waals surface area contributed by atoms with Crippen LogP contribution in [-0.4, -0.2) is 48.3 Å². The largest absolute Gasteiger partial charge is 0.481 e. The number of hydrogen-bond acceptors (Lipinski definition) is 3. The van der Waals surface area contributed by atoms with Gasteiger partial charge < -0.3 is 20.1 Å². The van der Waals surface area contributed by atoms with E-state index in [0.29, 0.717) is 6.07 Å². The van der Waals surface area contributed by atoms with Crippen molar-refractivity contribution in [2.45, 2.75) is 0 Å². The molecule has 2 fully saturated rings. The average molecular weight is 312 g/mol. The van der Waals surface area contributed by atoms with Crippen molar-refractivity contribution in [3.05, 3.63) is 29.8 Å². The van der Waals surface area contributed by atoms with Crippen molar-refractivity contribution in [1.82, 2.24) is 4.90 Å². The van der Waals surface area contributed by atoms with Gasteiger partial charge in [0.15, 0.2) is 0 Å². The summed E-state index contributed by atoms with van der Waals surface area (Å²) in [6.45, 7) is 0.586. The topological polar surface area (TPSA) is 78.9 Å². The molecule has 3 rings (SSSR count). The first-order valence-corrected chi connectivity index (χ1v) is 6.74. The fraction of sp³-hybridized carbons (Fsp3) is 0.429. The summed E-state index contributed by atoms with van der Waals surface area (Å²) in [4.78, 5) is 25.0. The summed E-state index contributed by atoms with van der Waals surface area (Å²) in [5, 5.41) is 11.8. The van der Waals surface area contributed by atoms with Gasteiger partial charge in [-0.1, -0.05) is 0 Å².